The van der Waals surface area contributed by atoms with E-state index in [1.165, 1.54) is 19.1 Å². The van der Waals surface area contributed by atoms with Crippen molar-refractivity contribution in [1.82, 2.24) is 4.90 Å². The smallest absolute Gasteiger partial charge is 0.338 e. The quantitative estimate of drug-likeness (QED) is 0.571. The number of hydrogen-bond acceptors (Lipinski definition) is 5. The zero-order valence-corrected chi connectivity index (χ0v) is 15.3. The number of rotatable bonds is 8. The van der Waals surface area contributed by atoms with Crippen LogP contribution in [-0.4, -0.2) is 35.8 Å². The maximum absolute atomic E-state index is 12.3. The Morgan fingerprint density at radius 1 is 1.23 bits per heavy atom. The predicted molar refractivity (Wildman–Crippen MR) is 101 cm³/mol. The first kappa shape index (κ1) is 19.4. The van der Waals surface area contributed by atoms with Crippen molar-refractivity contribution < 1.29 is 19.1 Å². The predicted octanol–water partition coefficient (Wildman–Crippen LogP) is 3.08. The van der Waals surface area contributed by atoms with Crippen molar-refractivity contribution in [2.45, 2.75) is 13.5 Å². The zero-order chi connectivity index (χ0) is 18.9. The largest absolute Gasteiger partial charge is 0.452 e. The molecule has 1 aromatic heterocycles. The van der Waals surface area contributed by atoms with Crippen molar-refractivity contribution in [1.29, 1.82) is 0 Å². The molecule has 0 aliphatic carbocycles. The molecule has 2 amide bonds. The van der Waals surface area contributed by atoms with Gasteiger partial charge >= 0.3 is 5.97 Å². The summed E-state index contributed by atoms with van der Waals surface area (Å²) in [6.07, 6.45) is 1.63. The second-order valence-electron chi connectivity index (χ2n) is 5.48. The van der Waals surface area contributed by atoms with Gasteiger partial charge < -0.3 is 15.0 Å². The molecule has 0 aliphatic heterocycles. The molecule has 1 aromatic carbocycles. The number of nitrogens with one attached hydrogen (secondary N) is 1. The molecule has 0 unspecified atom stereocenters. The van der Waals surface area contributed by atoms with Crippen LogP contribution in [0, 0.1) is 0 Å². The Morgan fingerprint density at radius 2 is 1.96 bits per heavy atom. The minimum absolute atomic E-state index is 0.195. The van der Waals surface area contributed by atoms with Gasteiger partial charge in [0.1, 0.15) is 0 Å². The number of amides is 2. The van der Waals surface area contributed by atoms with E-state index in [-0.39, 0.29) is 18.4 Å². The number of anilines is 1. The van der Waals surface area contributed by atoms with Gasteiger partial charge in [0.05, 0.1) is 12.1 Å². The molecule has 0 saturated heterocycles. The molecule has 0 fully saturated rings. The Kier molecular flexibility index (Phi) is 7.11. The van der Waals surface area contributed by atoms with Crippen LogP contribution in [0.2, 0.25) is 0 Å². The molecule has 0 atom stereocenters. The Balaban J connectivity index is 1.90. The number of carbonyl (C=O) groups is 3. The second kappa shape index (κ2) is 9.53. The highest BCUT2D eigenvalue weighted by molar-refractivity contribution is 7.09. The summed E-state index contributed by atoms with van der Waals surface area (Å²) in [6.45, 7) is 5.54. The molecule has 6 nitrogen and oxygen atoms in total. The molecule has 0 saturated carbocycles. The van der Waals surface area contributed by atoms with Gasteiger partial charge in [-0.1, -0.05) is 12.1 Å². The lowest BCUT2D eigenvalue weighted by atomic mass is 10.2. The molecule has 0 spiro atoms. The van der Waals surface area contributed by atoms with E-state index >= 15 is 0 Å². The van der Waals surface area contributed by atoms with Crippen molar-refractivity contribution in [2.75, 3.05) is 18.5 Å². The lowest BCUT2D eigenvalue weighted by Gasteiger charge is -2.20. The van der Waals surface area contributed by atoms with Crippen LogP contribution < -0.4 is 5.32 Å². The summed E-state index contributed by atoms with van der Waals surface area (Å²) < 4.78 is 5.11. The topological polar surface area (TPSA) is 75.7 Å². The Bertz CT molecular complexity index is 769. The Hall–Kier alpha value is -2.93. The van der Waals surface area contributed by atoms with E-state index < -0.39 is 5.97 Å². The molecule has 26 heavy (non-hydrogen) atoms. The molecule has 136 valence electrons. The number of carbonyl (C=O) groups excluding carboxylic acids is 3. The molecule has 1 N–H and O–H groups in total. The lowest BCUT2D eigenvalue weighted by Crippen LogP contribution is -2.34. The second-order valence-corrected chi connectivity index (χ2v) is 6.51. The summed E-state index contributed by atoms with van der Waals surface area (Å²) in [4.78, 5) is 38.0. The number of esters is 1. The van der Waals surface area contributed by atoms with Crippen molar-refractivity contribution in [3.8, 4) is 0 Å². The van der Waals surface area contributed by atoms with Gasteiger partial charge in [-0.2, -0.15) is 0 Å². The third-order valence-electron chi connectivity index (χ3n) is 3.40. The van der Waals surface area contributed by atoms with Crippen molar-refractivity contribution in [2.24, 2.45) is 0 Å². The normalized spacial score (nSPS) is 10.0. The minimum Gasteiger partial charge on any atom is -0.452 e. The number of thiophene rings is 1. The fourth-order valence-electron chi connectivity index (χ4n) is 2.20. The fraction of sp³-hybridized carbons (Fsp3) is 0.211. The average molecular weight is 372 g/mol. The molecular weight excluding hydrogens is 352 g/mol. The molecule has 0 radical (unpaired) electrons. The number of nitrogens with zero attached hydrogens (tertiary/aromatic N) is 1. The summed E-state index contributed by atoms with van der Waals surface area (Å²) in [7, 11) is 0. The summed E-state index contributed by atoms with van der Waals surface area (Å²) in [6, 6.07) is 10.1. The highest BCUT2D eigenvalue weighted by Crippen LogP contribution is 2.13. The van der Waals surface area contributed by atoms with Gasteiger partial charge in [-0.3, -0.25) is 9.59 Å². The molecule has 2 rings (SSSR count). The average Bonchev–Trinajstić information content (AvgIpc) is 3.12. The fourth-order valence-corrected chi connectivity index (χ4v) is 2.92. The number of benzene rings is 1. The van der Waals surface area contributed by atoms with E-state index in [4.69, 9.17) is 4.74 Å². The van der Waals surface area contributed by atoms with Crippen molar-refractivity contribution >= 4 is 34.8 Å². The number of ether oxygens (including phenoxy) is 1. The van der Waals surface area contributed by atoms with Gasteiger partial charge in [-0.05, 0) is 35.7 Å². The molecule has 2 aromatic rings. The Labute approximate surface area is 156 Å². The first-order chi connectivity index (χ1) is 12.5. The van der Waals surface area contributed by atoms with Crippen LogP contribution in [-0.2, 0) is 20.9 Å². The first-order valence-electron chi connectivity index (χ1n) is 7.95. The van der Waals surface area contributed by atoms with Crippen LogP contribution in [0.25, 0.3) is 0 Å². The van der Waals surface area contributed by atoms with Gasteiger partial charge in [0.15, 0.2) is 6.61 Å². The van der Waals surface area contributed by atoms with Crippen molar-refractivity contribution in [3.63, 3.8) is 0 Å². The van der Waals surface area contributed by atoms with Gasteiger partial charge in [-0.25, -0.2) is 4.79 Å². The van der Waals surface area contributed by atoms with E-state index in [0.29, 0.717) is 24.3 Å². The van der Waals surface area contributed by atoms with E-state index in [9.17, 15) is 14.4 Å². The summed E-state index contributed by atoms with van der Waals surface area (Å²) >= 11 is 1.56. The van der Waals surface area contributed by atoms with Gasteiger partial charge in [0.2, 0.25) is 5.91 Å². The van der Waals surface area contributed by atoms with Crippen LogP contribution in [0.1, 0.15) is 22.2 Å². The Morgan fingerprint density at radius 3 is 2.54 bits per heavy atom. The summed E-state index contributed by atoms with van der Waals surface area (Å²) in [5.41, 5.74) is 0.888. The van der Waals surface area contributed by atoms with Crippen LogP contribution in [0.3, 0.4) is 0 Å². The molecule has 7 heteroatoms. The highest BCUT2D eigenvalue weighted by atomic mass is 32.1. The molecule has 0 aliphatic rings. The SMILES string of the molecule is C=CCN(Cc1cccs1)C(=O)COC(=O)c1ccc(NC(C)=O)cc1. The van der Waals surface area contributed by atoms with Crippen LogP contribution in [0.15, 0.2) is 54.4 Å². The third kappa shape index (κ3) is 5.86. The summed E-state index contributed by atoms with van der Waals surface area (Å²) in [5, 5.41) is 4.55. The van der Waals surface area contributed by atoms with Crippen molar-refractivity contribution in [3.05, 3.63) is 64.9 Å². The molecule has 1 heterocycles. The third-order valence-corrected chi connectivity index (χ3v) is 4.26. The maximum Gasteiger partial charge on any atom is 0.338 e. The van der Waals surface area contributed by atoms with Crippen LogP contribution >= 0.6 is 11.3 Å². The van der Waals surface area contributed by atoms with E-state index in [1.807, 2.05) is 17.5 Å². The minimum atomic E-state index is -0.595. The number of hydrogen-bond donors (Lipinski definition) is 1. The summed E-state index contributed by atoms with van der Waals surface area (Å²) in [5.74, 6) is -1.08. The zero-order valence-electron chi connectivity index (χ0n) is 14.4. The van der Waals surface area contributed by atoms with Gasteiger partial charge in [-0.15, -0.1) is 17.9 Å². The van der Waals surface area contributed by atoms with Gasteiger partial charge in [0.25, 0.3) is 5.91 Å². The van der Waals surface area contributed by atoms with E-state index in [0.717, 1.165) is 4.88 Å². The molecular formula is C19H20N2O4S. The standard InChI is InChI=1S/C19H20N2O4S/c1-3-10-21(12-17-5-4-11-26-17)18(23)13-25-19(24)15-6-8-16(9-7-15)20-14(2)22/h3-9,11H,1,10,12-13H2,2H3,(H,20,22). The highest BCUT2D eigenvalue weighted by Gasteiger charge is 2.16. The molecule has 0 bridgehead atoms. The monoisotopic (exact) mass is 372 g/mol. The van der Waals surface area contributed by atoms with Gasteiger partial charge in [0, 0.05) is 24.0 Å². The van der Waals surface area contributed by atoms with E-state index in [2.05, 4.69) is 11.9 Å². The van der Waals surface area contributed by atoms with Crippen LogP contribution in [0.4, 0.5) is 5.69 Å². The van der Waals surface area contributed by atoms with Crippen LogP contribution in [0.5, 0.6) is 0 Å². The lowest BCUT2D eigenvalue weighted by molar-refractivity contribution is -0.134. The first-order valence-corrected chi connectivity index (χ1v) is 8.83. The van der Waals surface area contributed by atoms with E-state index in [1.54, 1.807) is 34.4 Å². The maximum atomic E-state index is 12.3.